The zero-order valence-corrected chi connectivity index (χ0v) is 14.7. The van der Waals surface area contributed by atoms with Crippen LogP contribution in [-0.4, -0.2) is 17.9 Å². The molecule has 1 aromatic heterocycles. The van der Waals surface area contributed by atoms with E-state index in [-0.39, 0.29) is 39.2 Å². The normalized spacial score (nSPS) is 10.6. The quantitative estimate of drug-likeness (QED) is 0.393. The summed E-state index contributed by atoms with van der Waals surface area (Å²) in [6.07, 6.45) is 0. The highest BCUT2D eigenvalue weighted by Crippen LogP contribution is 2.41. The molecule has 138 valence electrons. The molecule has 0 N–H and O–H groups in total. The van der Waals surface area contributed by atoms with Gasteiger partial charge in [-0.25, -0.2) is 0 Å². The Hall–Kier alpha value is -3.68. The Bertz CT molecular complexity index is 1160. The van der Waals surface area contributed by atoms with E-state index in [2.05, 4.69) is 0 Å². The van der Waals surface area contributed by atoms with E-state index in [1.54, 1.807) is 18.2 Å². The predicted molar refractivity (Wildman–Crippen MR) is 93.9 cm³/mol. The van der Waals surface area contributed by atoms with Gasteiger partial charge in [-0.2, -0.15) is 0 Å². The average molecular weight is 370 g/mol. The van der Waals surface area contributed by atoms with E-state index < -0.39 is 23.3 Å². The maximum Gasteiger partial charge on any atom is 0.308 e. The van der Waals surface area contributed by atoms with Crippen LogP contribution in [-0.2, 0) is 14.4 Å². The highest BCUT2D eigenvalue weighted by Gasteiger charge is 2.25. The maximum absolute atomic E-state index is 13.0. The van der Waals surface area contributed by atoms with Crippen molar-refractivity contribution >= 4 is 39.8 Å². The third-order valence-electron chi connectivity index (χ3n) is 3.49. The van der Waals surface area contributed by atoms with Crippen molar-refractivity contribution in [3.05, 3.63) is 40.6 Å². The molecule has 1 heterocycles. The Morgan fingerprint density at radius 3 is 2.07 bits per heavy atom. The minimum Gasteiger partial charge on any atom is -0.452 e. The summed E-state index contributed by atoms with van der Waals surface area (Å²) in [4.78, 5) is 47.5. The van der Waals surface area contributed by atoms with Crippen LogP contribution in [0.5, 0.6) is 17.2 Å². The first kappa shape index (κ1) is 18.1. The molecule has 0 unspecified atom stereocenters. The molecule has 0 aliphatic heterocycles. The molecule has 8 heteroatoms. The number of carbonyl (C=O) groups excluding carboxylic acids is 3. The number of para-hydroxylation sites is 1. The first-order chi connectivity index (χ1) is 12.8. The van der Waals surface area contributed by atoms with Crippen LogP contribution in [0.15, 0.2) is 39.5 Å². The van der Waals surface area contributed by atoms with Crippen molar-refractivity contribution in [3.8, 4) is 17.2 Å². The number of ether oxygens (including phenoxy) is 3. The molecule has 27 heavy (non-hydrogen) atoms. The molecule has 2 aromatic carbocycles. The molecular formula is C19H14O8. The number of fused-ring (bicyclic) bond motifs is 2. The fourth-order valence-electron chi connectivity index (χ4n) is 2.60. The van der Waals surface area contributed by atoms with E-state index >= 15 is 0 Å². The third kappa shape index (κ3) is 3.50. The van der Waals surface area contributed by atoms with Crippen LogP contribution in [0, 0.1) is 0 Å². The van der Waals surface area contributed by atoms with Gasteiger partial charge in [0.2, 0.25) is 5.43 Å². The van der Waals surface area contributed by atoms with E-state index in [1.807, 2.05) is 0 Å². The van der Waals surface area contributed by atoms with Gasteiger partial charge >= 0.3 is 17.9 Å². The smallest absolute Gasteiger partial charge is 0.308 e. The van der Waals surface area contributed by atoms with Gasteiger partial charge in [-0.05, 0) is 12.1 Å². The second-order valence-corrected chi connectivity index (χ2v) is 5.61. The number of hydrogen-bond donors (Lipinski definition) is 0. The maximum atomic E-state index is 13.0. The molecule has 0 fully saturated rings. The fraction of sp³-hybridized carbons (Fsp3) is 0.158. The summed E-state index contributed by atoms with van der Waals surface area (Å²) in [5, 5.41) is 0.0334. The standard InChI is InChI=1S/C19H14O8/c1-9(20)24-14-8-15(25-10(2)21)19-16(18(14)26-11(3)22)17(23)12-6-4-5-7-13(12)27-19/h4-8H,1-3H3. The van der Waals surface area contributed by atoms with Crippen molar-refractivity contribution in [2.45, 2.75) is 20.8 Å². The van der Waals surface area contributed by atoms with Crippen LogP contribution in [0.1, 0.15) is 20.8 Å². The van der Waals surface area contributed by atoms with Crippen LogP contribution in [0.4, 0.5) is 0 Å². The highest BCUT2D eigenvalue weighted by molar-refractivity contribution is 6.00. The summed E-state index contributed by atoms with van der Waals surface area (Å²) >= 11 is 0. The molecule has 0 aliphatic carbocycles. The van der Waals surface area contributed by atoms with Crippen molar-refractivity contribution in [2.75, 3.05) is 0 Å². The summed E-state index contributed by atoms with van der Waals surface area (Å²) in [7, 11) is 0. The lowest BCUT2D eigenvalue weighted by atomic mass is 10.1. The SMILES string of the molecule is CC(=O)Oc1cc(OC(C)=O)c2oc3ccccc3c(=O)c2c1OC(C)=O. The van der Waals surface area contributed by atoms with E-state index in [4.69, 9.17) is 18.6 Å². The lowest BCUT2D eigenvalue weighted by Gasteiger charge is -2.14. The molecule has 0 saturated heterocycles. The van der Waals surface area contributed by atoms with Gasteiger partial charge in [0, 0.05) is 26.8 Å². The molecule has 0 radical (unpaired) electrons. The van der Waals surface area contributed by atoms with Gasteiger partial charge in [0.1, 0.15) is 11.0 Å². The van der Waals surface area contributed by atoms with Crippen LogP contribution < -0.4 is 19.6 Å². The molecule has 0 spiro atoms. The summed E-state index contributed by atoms with van der Waals surface area (Å²) in [5.74, 6) is -2.82. The van der Waals surface area contributed by atoms with E-state index in [9.17, 15) is 19.2 Å². The second kappa shape index (κ2) is 6.91. The molecule has 0 bridgehead atoms. The zero-order valence-electron chi connectivity index (χ0n) is 14.7. The summed E-state index contributed by atoms with van der Waals surface area (Å²) < 4.78 is 21.0. The molecule has 3 aromatic rings. The lowest BCUT2D eigenvalue weighted by Crippen LogP contribution is -2.13. The molecule has 3 rings (SSSR count). The van der Waals surface area contributed by atoms with Crippen LogP contribution in [0.2, 0.25) is 0 Å². The van der Waals surface area contributed by atoms with E-state index in [1.165, 1.54) is 6.07 Å². The van der Waals surface area contributed by atoms with Crippen LogP contribution in [0.3, 0.4) is 0 Å². The van der Waals surface area contributed by atoms with Gasteiger partial charge in [0.15, 0.2) is 22.8 Å². The van der Waals surface area contributed by atoms with Crippen molar-refractivity contribution in [1.29, 1.82) is 0 Å². The Kier molecular flexibility index (Phi) is 4.64. The monoisotopic (exact) mass is 370 g/mol. The Morgan fingerprint density at radius 1 is 0.852 bits per heavy atom. The number of rotatable bonds is 3. The van der Waals surface area contributed by atoms with Gasteiger partial charge in [-0.15, -0.1) is 0 Å². The summed E-state index contributed by atoms with van der Waals surface area (Å²) in [5.41, 5.74) is -0.399. The van der Waals surface area contributed by atoms with Gasteiger partial charge in [-0.1, -0.05) is 12.1 Å². The van der Waals surface area contributed by atoms with Gasteiger partial charge in [-0.3, -0.25) is 19.2 Å². The van der Waals surface area contributed by atoms with E-state index in [0.717, 1.165) is 26.8 Å². The van der Waals surface area contributed by atoms with Gasteiger partial charge in [0.25, 0.3) is 0 Å². The molecule has 0 atom stereocenters. The largest absolute Gasteiger partial charge is 0.452 e. The molecule has 0 saturated carbocycles. The van der Waals surface area contributed by atoms with Crippen molar-refractivity contribution in [2.24, 2.45) is 0 Å². The number of benzene rings is 2. The molecular weight excluding hydrogens is 356 g/mol. The number of esters is 3. The highest BCUT2D eigenvalue weighted by atomic mass is 16.6. The minimum absolute atomic E-state index is 0.110. The fourth-order valence-corrected chi connectivity index (χ4v) is 2.60. The first-order valence-electron chi connectivity index (χ1n) is 7.85. The topological polar surface area (TPSA) is 109 Å². The van der Waals surface area contributed by atoms with Crippen molar-refractivity contribution in [1.82, 2.24) is 0 Å². The van der Waals surface area contributed by atoms with Gasteiger partial charge in [0.05, 0.1) is 5.39 Å². The second-order valence-electron chi connectivity index (χ2n) is 5.61. The predicted octanol–water partition coefficient (Wildman–Crippen LogP) is 2.72. The van der Waals surface area contributed by atoms with Crippen molar-refractivity contribution < 1.29 is 33.0 Å². The minimum atomic E-state index is -0.738. The summed E-state index contributed by atoms with van der Waals surface area (Å²) in [6.45, 7) is 3.43. The lowest BCUT2D eigenvalue weighted by molar-refractivity contribution is -0.134. The Labute approximate surface area is 152 Å². The first-order valence-corrected chi connectivity index (χ1v) is 7.85. The van der Waals surface area contributed by atoms with Crippen LogP contribution >= 0.6 is 0 Å². The summed E-state index contributed by atoms with van der Waals surface area (Å²) in [6, 6.07) is 7.56. The molecule has 8 nitrogen and oxygen atoms in total. The van der Waals surface area contributed by atoms with E-state index in [0.29, 0.717) is 0 Å². The zero-order chi connectivity index (χ0) is 19.7. The van der Waals surface area contributed by atoms with Crippen LogP contribution in [0.25, 0.3) is 21.9 Å². The number of carbonyl (C=O) groups is 3. The Balaban J connectivity index is 2.51. The average Bonchev–Trinajstić information content (AvgIpc) is 2.57. The van der Waals surface area contributed by atoms with Gasteiger partial charge < -0.3 is 18.6 Å². The third-order valence-corrected chi connectivity index (χ3v) is 3.49. The Morgan fingerprint density at radius 2 is 1.44 bits per heavy atom. The molecule has 0 amide bonds. The van der Waals surface area contributed by atoms with Crippen molar-refractivity contribution in [3.63, 3.8) is 0 Å². The molecule has 0 aliphatic rings. The number of hydrogen-bond acceptors (Lipinski definition) is 8.